The van der Waals surface area contributed by atoms with Crippen molar-refractivity contribution >= 4 is 45.8 Å². The molecule has 0 saturated carbocycles. The number of hydrogen-bond donors (Lipinski definition) is 2. The first-order valence-corrected chi connectivity index (χ1v) is 11.6. The summed E-state index contributed by atoms with van der Waals surface area (Å²) in [5.41, 5.74) is 2.32. The Morgan fingerprint density at radius 1 is 1.47 bits per heavy atom. The highest BCUT2D eigenvalue weighted by molar-refractivity contribution is 7.16. The summed E-state index contributed by atoms with van der Waals surface area (Å²) in [6, 6.07) is 5.67. The number of nitrogens with zero attached hydrogens (tertiary/aromatic N) is 2. The molecule has 2 N–H and O–H groups in total. The van der Waals surface area contributed by atoms with Gasteiger partial charge in [-0.15, -0.1) is 22.7 Å². The number of furan rings is 1. The van der Waals surface area contributed by atoms with E-state index in [4.69, 9.17) is 9.15 Å². The third-order valence-corrected chi connectivity index (χ3v) is 6.97. The van der Waals surface area contributed by atoms with Gasteiger partial charge in [0.2, 0.25) is 5.91 Å². The quantitative estimate of drug-likeness (QED) is 0.518. The van der Waals surface area contributed by atoms with Crippen molar-refractivity contribution in [3.8, 4) is 6.07 Å². The zero-order valence-electron chi connectivity index (χ0n) is 17.2. The molecule has 164 valence electrons. The van der Waals surface area contributed by atoms with E-state index in [-0.39, 0.29) is 12.0 Å². The molecule has 0 aliphatic heterocycles. The molecule has 3 heterocycles. The normalized spacial score (nSPS) is 15.2. The van der Waals surface area contributed by atoms with E-state index in [0.717, 1.165) is 21.1 Å². The highest BCUT2D eigenvalue weighted by Gasteiger charge is 2.28. The Labute approximate surface area is 192 Å². The molecule has 4 rings (SSSR count). The molecule has 3 aromatic heterocycles. The molecule has 0 saturated heterocycles. The molecule has 1 unspecified atom stereocenters. The molecule has 32 heavy (non-hydrogen) atoms. The Bertz CT molecular complexity index is 1190. The van der Waals surface area contributed by atoms with E-state index in [0.29, 0.717) is 42.1 Å². The molecular formula is C22H20N4O4S2. The molecule has 1 aliphatic carbocycles. The van der Waals surface area contributed by atoms with Crippen LogP contribution < -0.4 is 10.6 Å². The summed E-state index contributed by atoms with van der Waals surface area (Å²) in [5, 5.41) is 18.4. The topological polar surface area (TPSA) is 117 Å². The maximum atomic E-state index is 12.3. The van der Waals surface area contributed by atoms with Gasteiger partial charge in [0.25, 0.3) is 0 Å². The predicted octanol–water partition coefficient (Wildman–Crippen LogP) is 4.41. The summed E-state index contributed by atoms with van der Waals surface area (Å²) in [5.74, 6) is 0.218. The number of nitrogens with one attached hydrogen (secondary N) is 2. The number of alkyl carbamates (subject to hydrolysis) is 1. The van der Waals surface area contributed by atoms with Gasteiger partial charge in [0, 0.05) is 28.4 Å². The Morgan fingerprint density at radius 2 is 2.34 bits per heavy atom. The number of aryl methyl sites for hydroxylation is 1. The van der Waals surface area contributed by atoms with E-state index in [9.17, 15) is 14.9 Å². The van der Waals surface area contributed by atoms with Crippen LogP contribution in [0.2, 0.25) is 0 Å². The van der Waals surface area contributed by atoms with Crippen molar-refractivity contribution in [1.82, 2.24) is 10.3 Å². The number of hydrogen-bond acceptors (Lipinski definition) is 8. The highest BCUT2D eigenvalue weighted by Crippen LogP contribution is 2.38. The van der Waals surface area contributed by atoms with Crippen molar-refractivity contribution in [2.24, 2.45) is 0 Å². The minimum atomic E-state index is -0.486. The fourth-order valence-corrected chi connectivity index (χ4v) is 5.36. The number of nitriles is 1. The standard InChI is InChI=1S/C22H20N4O4S2/c1-13-12-31-20(25-13)11-24-22(28)30-15-4-6-16-17(10-23)21(32-18(16)9-15)26-19(27)7-5-14-3-2-8-29-14/h2-3,5,7-8,12,15H,4,6,9,11H2,1H3,(H,24,28)(H,26,27)/b7-5+. The summed E-state index contributed by atoms with van der Waals surface area (Å²) in [7, 11) is 0. The lowest BCUT2D eigenvalue weighted by atomic mass is 9.94. The molecule has 1 aliphatic rings. The van der Waals surface area contributed by atoms with Crippen LogP contribution in [-0.2, 0) is 28.9 Å². The van der Waals surface area contributed by atoms with Crippen LogP contribution in [0.3, 0.4) is 0 Å². The van der Waals surface area contributed by atoms with E-state index in [1.54, 1.807) is 18.2 Å². The number of fused-ring (bicyclic) bond motifs is 1. The zero-order valence-corrected chi connectivity index (χ0v) is 18.8. The molecule has 0 radical (unpaired) electrons. The van der Waals surface area contributed by atoms with Crippen LogP contribution in [0.15, 0.2) is 34.3 Å². The van der Waals surface area contributed by atoms with E-state index in [1.165, 1.54) is 35.0 Å². The highest BCUT2D eigenvalue weighted by atomic mass is 32.1. The second kappa shape index (κ2) is 9.80. The van der Waals surface area contributed by atoms with Crippen LogP contribution in [0.4, 0.5) is 9.80 Å². The van der Waals surface area contributed by atoms with Gasteiger partial charge in [-0.2, -0.15) is 5.26 Å². The van der Waals surface area contributed by atoms with Gasteiger partial charge in [-0.3, -0.25) is 4.79 Å². The monoisotopic (exact) mass is 468 g/mol. The van der Waals surface area contributed by atoms with Gasteiger partial charge >= 0.3 is 6.09 Å². The van der Waals surface area contributed by atoms with Gasteiger partial charge in [0.1, 0.15) is 27.9 Å². The van der Waals surface area contributed by atoms with Gasteiger partial charge in [0.15, 0.2) is 0 Å². The predicted molar refractivity (Wildman–Crippen MR) is 121 cm³/mol. The number of aromatic nitrogens is 1. The smallest absolute Gasteiger partial charge is 0.407 e. The number of rotatable bonds is 6. The van der Waals surface area contributed by atoms with Crippen molar-refractivity contribution < 1.29 is 18.7 Å². The first-order valence-electron chi connectivity index (χ1n) is 9.94. The average molecular weight is 469 g/mol. The maximum Gasteiger partial charge on any atom is 0.407 e. The van der Waals surface area contributed by atoms with Gasteiger partial charge in [-0.1, -0.05) is 0 Å². The fourth-order valence-electron chi connectivity index (χ4n) is 3.38. The number of anilines is 1. The van der Waals surface area contributed by atoms with Crippen molar-refractivity contribution in [3.05, 3.63) is 62.3 Å². The Balaban J connectivity index is 1.35. The van der Waals surface area contributed by atoms with Gasteiger partial charge in [-0.25, -0.2) is 9.78 Å². The van der Waals surface area contributed by atoms with Gasteiger partial charge in [0.05, 0.1) is 18.4 Å². The number of ether oxygens (including phenoxy) is 1. The molecule has 2 amide bonds. The second-order valence-electron chi connectivity index (χ2n) is 7.16. The molecule has 8 nitrogen and oxygen atoms in total. The molecule has 0 bridgehead atoms. The molecule has 10 heteroatoms. The fraction of sp³-hybridized carbons (Fsp3) is 0.273. The van der Waals surface area contributed by atoms with Gasteiger partial charge < -0.3 is 19.8 Å². The minimum Gasteiger partial charge on any atom is -0.465 e. The van der Waals surface area contributed by atoms with E-state index < -0.39 is 6.09 Å². The van der Waals surface area contributed by atoms with Gasteiger partial charge in [-0.05, 0) is 43.5 Å². The van der Waals surface area contributed by atoms with E-state index in [2.05, 4.69) is 21.7 Å². The van der Waals surface area contributed by atoms with Crippen LogP contribution in [-0.4, -0.2) is 23.1 Å². The van der Waals surface area contributed by atoms with E-state index >= 15 is 0 Å². The SMILES string of the molecule is Cc1csc(CNC(=O)OC2CCc3c(sc(NC(=O)/C=C/c4ccco4)c3C#N)C2)n1. The summed E-state index contributed by atoms with van der Waals surface area (Å²) < 4.78 is 10.7. The first-order chi connectivity index (χ1) is 15.5. The third-order valence-electron chi connectivity index (χ3n) is 4.83. The summed E-state index contributed by atoms with van der Waals surface area (Å²) in [6.45, 7) is 2.23. The second-order valence-corrected chi connectivity index (χ2v) is 9.21. The molecular weight excluding hydrogens is 448 g/mol. The molecule has 1 atom stereocenters. The van der Waals surface area contributed by atoms with Crippen LogP contribution in [0.5, 0.6) is 0 Å². The Hall–Kier alpha value is -3.42. The van der Waals surface area contributed by atoms with Crippen molar-refractivity contribution in [3.63, 3.8) is 0 Å². The number of thiazole rings is 1. The Kier molecular flexibility index (Phi) is 6.68. The largest absolute Gasteiger partial charge is 0.465 e. The first kappa shape index (κ1) is 21.8. The average Bonchev–Trinajstić information content (AvgIpc) is 3.50. The summed E-state index contributed by atoms with van der Waals surface area (Å²) >= 11 is 2.84. The van der Waals surface area contributed by atoms with Crippen LogP contribution in [0.1, 0.15) is 38.9 Å². The summed E-state index contributed by atoms with van der Waals surface area (Å²) in [4.78, 5) is 29.7. The van der Waals surface area contributed by atoms with Crippen molar-refractivity contribution in [1.29, 1.82) is 5.26 Å². The summed E-state index contributed by atoms with van der Waals surface area (Å²) in [6.07, 6.45) is 5.41. The zero-order chi connectivity index (χ0) is 22.5. The lowest BCUT2D eigenvalue weighted by Crippen LogP contribution is -2.31. The molecule has 0 fully saturated rings. The lowest BCUT2D eigenvalue weighted by Gasteiger charge is -2.22. The molecule has 3 aromatic rings. The maximum absolute atomic E-state index is 12.3. The minimum absolute atomic E-state index is 0.284. The van der Waals surface area contributed by atoms with Crippen LogP contribution in [0.25, 0.3) is 6.08 Å². The van der Waals surface area contributed by atoms with E-state index in [1.807, 2.05) is 12.3 Å². The Morgan fingerprint density at radius 3 is 3.06 bits per heavy atom. The lowest BCUT2D eigenvalue weighted by molar-refractivity contribution is -0.111. The van der Waals surface area contributed by atoms with Crippen molar-refractivity contribution in [2.75, 3.05) is 5.32 Å². The van der Waals surface area contributed by atoms with Crippen LogP contribution >= 0.6 is 22.7 Å². The molecule has 0 aromatic carbocycles. The number of amides is 2. The van der Waals surface area contributed by atoms with Crippen molar-refractivity contribution in [2.45, 2.75) is 38.8 Å². The van der Waals surface area contributed by atoms with Crippen LogP contribution in [0, 0.1) is 18.3 Å². The molecule has 0 spiro atoms. The third kappa shape index (κ3) is 5.25. The number of thiophene rings is 1. The number of carbonyl (C=O) groups is 2. The number of carbonyl (C=O) groups excluding carboxylic acids is 2.